The van der Waals surface area contributed by atoms with Crippen molar-refractivity contribution in [3.63, 3.8) is 0 Å². The highest BCUT2D eigenvalue weighted by Gasteiger charge is 2.09. The number of allylic oxidation sites excluding steroid dienone is 2. The molecule has 2 rings (SSSR count). The zero-order valence-corrected chi connectivity index (χ0v) is 16.1. The first-order valence-corrected chi connectivity index (χ1v) is 8.55. The number of benzene rings is 2. The molecule has 0 aliphatic heterocycles. The van der Waals surface area contributed by atoms with Crippen LogP contribution in [-0.2, 0) is 6.42 Å². The maximum absolute atomic E-state index is 10.0. The Bertz CT molecular complexity index is 818. The summed E-state index contributed by atoms with van der Waals surface area (Å²) >= 11 is 0. The van der Waals surface area contributed by atoms with Crippen molar-refractivity contribution in [3.05, 3.63) is 58.7 Å². The Morgan fingerprint density at radius 1 is 1.04 bits per heavy atom. The third-order valence-electron chi connectivity index (χ3n) is 4.11. The third-order valence-corrected chi connectivity index (χ3v) is 4.11. The van der Waals surface area contributed by atoms with E-state index in [-0.39, 0.29) is 5.75 Å². The fourth-order valence-electron chi connectivity index (χ4n) is 2.71. The molecular weight excluding hydrogens is 326 g/mol. The molecule has 0 aliphatic rings. The average Bonchev–Trinajstić information content (AvgIpc) is 2.64. The van der Waals surface area contributed by atoms with Crippen molar-refractivity contribution in [1.82, 2.24) is 0 Å². The van der Waals surface area contributed by atoms with Crippen molar-refractivity contribution in [2.24, 2.45) is 0 Å². The summed E-state index contributed by atoms with van der Waals surface area (Å²) in [4.78, 5) is 0. The summed E-state index contributed by atoms with van der Waals surface area (Å²) in [5, 5.41) is 13.1. The third kappa shape index (κ3) is 4.82. The number of ether oxygens (including phenoxy) is 2. The van der Waals surface area contributed by atoms with E-state index in [2.05, 4.69) is 25.2 Å². The number of phenols is 1. The van der Waals surface area contributed by atoms with Crippen LogP contribution >= 0.6 is 0 Å². The predicted octanol–water partition coefficient (Wildman–Crippen LogP) is 5.13. The predicted molar refractivity (Wildman–Crippen MR) is 109 cm³/mol. The molecule has 0 aliphatic carbocycles. The second kappa shape index (κ2) is 8.99. The van der Waals surface area contributed by atoms with E-state index in [1.807, 2.05) is 37.4 Å². The Balaban J connectivity index is 2.43. The van der Waals surface area contributed by atoms with Gasteiger partial charge in [-0.05, 0) is 49.6 Å². The molecule has 0 atom stereocenters. The van der Waals surface area contributed by atoms with E-state index in [0.717, 1.165) is 34.5 Å². The Hall–Kier alpha value is -2.88. The van der Waals surface area contributed by atoms with Crippen LogP contribution in [0.3, 0.4) is 0 Å². The molecule has 0 heterocycles. The molecule has 0 bridgehead atoms. The van der Waals surface area contributed by atoms with Crippen LogP contribution in [0.2, 0.25) is 0 Å². The molecule has 0 spiro atoms. The van der Waals surface area contributed by atoms with Crippen LogP contribution in [-0.4, -0.2) is 26.4 Å². The van der Waals surface area contributed by atoms with E-state index in [0.29, 0.717) is 5.75 Å². The molecule has 2 aromatic rings. The number of hydrogen-bond donors (Lipinski definition) is 2. The lowest BCUT2D eigenvalue weighted by molar-refractivity contribution is 0.403. The minimum atomic E-state index is 0.186. The second-order valence-corrected chi connectivity index (χ2v) is 6.24. The molecule has 0 radical (unpaired) electrons. The number of nitrogens with one attached hydrogen (secondary N) is 1. The van der Waals surface area contributed by atoms with Crippen LogP contribution in [0.25, 0.3) is 12.2 Å². The second-order valence-electron chi connectivity index (χ2n) is 6.24. The molecule has 4 heteroatoms. The summed E-state index contributed by atoms with van der Waals surface area (Å²) in [5.74, 6) is 1.66. The van der Waals surface area contributed by atoms with Crippen LogP contribution in [0.5, 0.6) is 17.2 Å². The van der Waals surface area contributed by atoms with Crippen LogP contribution in [0.1, 0.15) is 30.5 Å². The Morgan fingerprint density at radius 3 is 2.38 bits per heavy atom. The van der Waals surface area contributed by atoms with Gasteiger partial charge >= 0.3 is 0 Å². The van der Waals surface area contributed by atoms with Gasteiger partial charge in [-0.15, -0.1) is 0 Å². The standard InChI is InChI=1S/C22H27NO3/c1-15(2)6-10-19-17(13-18(24)14-21(19)25-4)9-7-16-8-11-20(23-3)22(12-16)26-5/h6-9,11-14,23-24H,10H2,1-5H3/b9-7+. The van der Waals surface area contributed by atoms with Crippen molar-refractivity contribution in [2.45, 2.75) is 20.3 Å². The SMILES string of the molecule is CNc1ccc(/C=C/c2cc(O)cc(OC)c2CC=C(C)C)cc1OC. The molecular formula is C22H27NO3. The van der Waals surface area contributed by atoms with Crippen LogP contribution in [0, 0.1) is 0 Å². The molecule has 0 saturated heterocycles. The summed E-state index contributed by atoms with van der Waals surface area (Å²) in [7, 11) is 5.14. The lowest BCUT2D eigenvalue weighted by atomic mass is 10.00. The molecule has 2 aromatic carbocycles. The van der Waals surface area contributed by atoms with Gasteiger partial charge in [0.1, 0.15) is 17.2 Å². The molecule has 0 fully saturated rings. The van der Waals surface area contributed by atoms with Crippen LogP contribution < -0.4 is 14.8 Å². The van der Waals surface area contributed by atoms with E-state index in [4.69, 9.17) is 9.47 Å². The van der Waals surface area contributed by atoms with Gasteiger partial charge in [-0.2, -0.15) is 0 Å². The first-order valence-electron chi connectivity index (χ1n) is 8.55. The maximum atomic E-state index is 10.0. The number of hydrogen-bond acceptors (Lipinski definition) is 4. The minimum absolute atomic E-state index is 0.186. The number of anilines is 1. The monoisotopic (exact) mass is 353 g/mol. The van der Waals surface area contributed by atoms with Gasteiger partial charge in [0.2, 0.25) is 0 Å². The van der Waals surface area contributed by atoms with Gasteiger partial charge in [0.25, 0.3) is 0 Å². The molecule has 2 N–H and O–H groups in total. The highest BCUT2D eigenvalue weighted by molar-refractivity contribution is 5.75. The summed E-state index contributed by atoms with van der Waals surface area (Å²) < 4.78 is 10.9. The van der Waals surface area contributed by atoms with Crippen molar-refractivity contribution < 1.29 is 14.6 Å². The van der Waals surface area contributed by atoms with Gasteiger partial charge in [-0.25, -0.2) is 0 Å². The van der Waals surface area contributed by atoms with Crippen LogP contribution in [0.15, 0.2) is 42.0 Å². The maximum Gasteiger partial charge on any atom is 0.142 e. The van der Waals surface area contributed by atoms with Gasteiger partial charge < -0.3 is 19.9 Å². The molecule has 0 saturated carbocycles. The zero-order valence-electron chi connectivity index (χ0n) is 16.1. The van der Waals surface area contributed by atoms with Crippen molar-refractivity contribution in [3.8, 4) is 17.2 Å². The van der Waals surface area contributed by atoms with Crippen molar-refractivity contribution in [2.75, 3.05) is 26.6 Å². The lowest BCUT2D eigenvalue weighted by Crippen LogP contribution is -1.95. The first kappa shape index (κ1) is 19.4. The molecule has 26 heavy (non-hydrogen) atoms. The van der Waals surface area contributed by atoms with Gasteiger partial charge in [0.15, 0.2) is 0 Å². The van der Waals surface area contributed by atoms with Gasteiger partial charge in [-0.3, -0.25) is 0 Å². The fourth-order valence-corrected chi connectivity index (χ4v) is 2.71. The van der Waals surface area contributed by atoms with E-state index >= 15 is 0 Å². The Morgan fingerprint density at radius 2 is 1.77 bits per heavy atom. The summed E-state index contributed by atoms with van der Waals surface area (Å²) in [5.41, 5.74) is 5.16. The Kier molecular flexibility index (Phi) is 6.73. The van der Waals surface area contributed by atoms with E-state index in [9.17, 15) is 5.11 Å². The highest BCUT2D eigenvalue weighted by Crippen LogP contribution is 2.31. The lowest BCUT2D eigenvalue weighted by Gasteiger charge is -2.12. The zero-order chi connectivity index (χ0) is 19.1. The van der Waals surface area contributed by atoms with E-state index in [1.165, 1.54) is 5.57 Å². The minimum Gasteiger partial charge on any atom is -0.508 e. The highest BCUT2D eigenvalue weighted by atomic mass is 16.5. The summed E-state index contributed by atoms with van der Waals surface area (Å²) in [6.07, 6.45) is 6.89. The summed E-state index contributed by atoms with van der Waals surface area (Å²) in [6, 6.07) is 9.37. The van der Waals surface area contributed by atoms with Gasteiger partial charge in [0, 0.05) is 18.7 Å². The van der Waals surface area contributed by atoms with Gasteiger partial charge in [0.05, 0.1) is 19.9 Å². The molecule has 0 unspecified atom stereocenters. The van der Waals surface area contributed by atoms with E-state index in [1.54, 1.807) is 26.4 Å². The van der Waals surface area contributed by atoms with Crippen molar-refractivity contribution >= 4 is 17.8 Å². The normalized spacial score (nSPS) is 10.7. The smallest absolute Gasteiger partial charge is 0.142 e. The molecule has 0 aromatic heterocycles. The Labute approximate surface area is 155 Å². The van der Waals surface area contributed by atoms with Gasteiger partial charge in [-0.1, -0.05) is 29.9 Å². The summed E-state index contributed by atoms with van der Waals surface area (Å²) in [6.45, 7) is 4.13. The molecule has 138 valence electrons. The molecule has 4 nitrogen and oxygen atoms in total. The number of phenolic OH excluding ortho intramolecular Hbond substituents is 1. The first-order chi connectivity index (χ1) is 12.5. The fraction of sp³-hybridized carbons (Fsp3) is 0.273. The topological polar surface area (TPSA) is 50.7 Å². The largest absolute Gasteiger partial charge is 0.508 e. The number of aromatic hydroxyl groups is 1. The van der Waals surface area contributed by atoms with E-state index < -0.39 is 0 Å². The van der Waals surface area contributed by atoms with Crippen molar-refractivity contribution in [1.29, 1.82) is 0 Å². The number of methoxy groups -OCH3 is 2. The molecule has 0 amide bonds. The quantitative estimate of drug-likeness (QED) is 0.535. The van der Waals surface area contributed by atoms with Crippen LogP contribution in [0.4, 0.5) is 5.69 Å². The average molecular weight is 353 g/mol. The number of rotatable bonds is 7.